The minimum absolute atomic E-state index is 0.0535. The number of ketones is 2. The van der Waals surface area contributed by atoms with Crippen molar-refractivity contribution in [1.29, 1.82) is 0 Å². The largest absolute Gasteiger partial charge is 0.449 e. The van der Waals surface area contributed by atoms with E-state index in [0.717, 1.165) is 5.56 Å². The van der Waals surface area contributed by atoms with Crippen molar-refractivity contribution >= 4 is 17.7 Å². The van der Waals surface area contributed by atoms with Gasteiger partial charge in [-0.1, -0.05) is 30.3 Å². The Bertz CT molecular complexity index is 1130. The van der Waals surface area contributed by atoms with E-state index >= 15 is 0 Å². The number of piperazine rings is 1. The zero-order chi connectivity index (χ0) is 22.4. The molecule has 0 aromatic heterocycles. The third-order valence-corrected chi connectivity index (χ3v) is 7.48. The maximum Gasteiger partial charge on any atom is 0.404 e. The summed E-state index contributed by atoms with van der Waals surface area (Å²) in [5, 5.41) is 3.36. The van der Waals surface area contributed by atoms with Gasteiger partial charge in [0.15, 0.2) is 5.72 Å². The Morgan fingerprint density at radius 1 is 1.19 bits per heavy atom. The van der Waals surface area contributed by atoms with Crippen molar-refractivity contribution in [1.82, 2.24) is 15.1 Å². The number of hydrogen-bond donors (Lipinski definition) is 2. The molecule has 5 atom stereocenters. The molecule has 3 N–H and O–H groups in total. The molecule has 0 saturated carbocycles. The molecule has 9 heteroatoms. The van der Waals surface area contributed by atoms with Crippen LogP contribution in [0.15, 0.2) is 52.9 Å². The van der Waals surface area contributed by atoms with Crippen LogP contribution in [0.2, 0.25) is 0 Å². The SMILES string of the molecule is COC12C(COC(N)=O)C3=C(C(=O)C(C)=C(N4CC4c4ccccc4)C3=O)N1CC1NC12. The molecule has 5 unspecified atom stereocenters. The number of primary amides is 1. The summed E-state index contributed by atoms with van der Waals surface area (Å²) in [6, 6.07) is 10.1. The third kappa shape index (κ3) is 2.37. The minimum atomic E-state index is -0.955. The molecule has 9 nitrogen and oxygen atoms in total. The van der Waals surface area contributed by atoms with E-state index in [1.165, 1.54) is 0 Å². The molecule has 4 aliphatic heterocycles. The summed E-state index contributed by atoms with van der Waals surface area (Å²) in [6.07, 6.45) is -0.924. The number of methoxy groups -OCH3 is 1. The number of carbonyl (C=O) groups is 3. The summed E-state index contributed by atoms with van der Waals surface area (Å²) in [6.45, 7) is 2.82. The van der Waals surface area contributed by atoms with Crippen LogP contribution in [0.4, 0.5) is 4.79 Å². The van der Waals surface area contributed by atoms with Crippen molar-refractivity contribution in [2.45, 2.75) is 30.8 Å². The van der Waals surface area contributed by atoms with Gasteiger partial charge in [0.1, 0.15) is 6.61 Å². The molecule has 1 aromatic carbocycles. The first kappa shape index (κ1) is 19.5. The molecule has 4 heterocycles. The van der Waals surface area contributed by atoms with Crippen molar-refractivity contribution < 1.29 is 23.9 Å². The van der Waals surface area contributed by atoms with Gasteiger partial charge in [-0.05, 0) is 12.5 Å². The van der Waals surface area contributed by atoms with Crippen LogP contribution in [0.3, 0.4) is 0 Å². The topological polar surface area (TPSA) is 124 Å². The van der Waals surface area contributed by atoms with Crippen molar-refractivity contribution in [3.8, 4) is 0 Å². The summed E-state index contributed by atoms with van der Waals surface area (Å²) >= 11 is 0. The van der Waals surface area contributed by atoms with E-state index in [2.05, 4.69) is 5.32 Å². The standard InChI is InChI=1S/C23H24N4O5/c1-11-17(26-9-15(26)12-6-4-3-5-7-12)20(29)16-13(10-32-22(24)30)23(31-2)21-14(25-21)8-27(23)18(16)19(11)28/h3-7,13-15,21,25H,8-10H2,1-2H3,(H2,24,30). The van der Waals surface area contributed by atoms with E-state index in [4.69, 9.17) is 15.2 Å². The zero-order valence-electron chi connectivity index (χ0n) is 17.8. The number of amides is 1. The second-order valence-electron chi connectivity index (χ2n) is 8.97. The van der Waals surface area contributed by atoms with Crippen LogP contribution in [-0.4, -0.2) is 72.1 Å². The average Bonchev–Trinajstić information content (AvgIpc) is 3.68. The summed E-state index contributed by atoms with van der Waals surface area (Å²) in [5.74, 6) is -0.982. The van der Waals surface area contributed by atoms with E-state index in [0.29, 0.717) is 35.6 Å². The molecular formula is C23H24N4O5. The van der Waals surface area contributed by atoms with Crippen molar-refractivity contribution in [3.05, 3.63) is 58.4 Å². The number of Topliss-reactive ketones (excluding diaryl/α,β-unsaturated/α-hetero) is 2. The first-order valence-electron chi connectivity index (χ1n) is 10.8. The number of nitrogens with two attached hydrogens (primary N) is 1. The van der Waals surface area contributed by atoms with Crippen LogP contribution in [0.25, 0.3) is 0 Å². The first-order chi connectivity index (χ1) is 15.4. The van der Waals surface area contributed by atoms with Gasteiger partial charge >= 0.3 is 6.09 Å². The van der Waals surface area contributed by atoms with Crippen LogP contribution >= 0.6 is 0 Å². The predicted molar refractivity (Wildman–Crippen MR) is 112 cm³/mol. The monoisotopic (exact) mass is 436 g/mol. The van der Waals surface area contributed by atoms with Gasteiger partial charge in [-0.15, -0.1) is 0 Å². The number of nitrogens with one attached hydrogen (secondary N) is 1. The van der Waals surface area contributed by atoms with Crippen molar-refractivity contribution in [3.63, 3.8) is 0 Å². The van der Waals surface area contributed by atoms with Gasteiger partial charge in [0.25, 0.3) is 0 Å². The highest BCUT2D eigenvalue weighted by atomic mass is 16.6. The van der Waals surface area contributed by atoms with Crippen LogP contribution in [0, 0.1) is 5.92 Å². The lowest BCUT2D eigenvalue weighted by Crippen LogP contribution is -2.55. The van der Waals surface area contributed by atoms with Crippen LogP contribution < -0.4 is 11.1 Å². The van der Waals surface area contributed by atoms with Crippen LogP contribution in [0.1, 0.15) is 18.5 Å². The second-order valence-corrected chi connectivity index (χ2v) is 8.97. The summed E-state index contributed by atoms with van der Waals surface area (Å²) < 4.78 is 11.2. The van der Waals surface area contributed by atoms with Crippen LogP contribution in [-0.2, 0) is 19.1 Å². The number of benzene rings is 1. The van der Waals surface area contributed by atoms with E-state index in [1.807, 2.05) is 40.1 Å². The number of ether oxygens (including phenoxy) is 2. The molecule has 0 spiro atoms. The fourth-order valence-corrected chi connectivity index (χ4v) is 5.97. The number of hydrogen-bond acceptors (Lipinski definition) is 8. The molecule has 166 valence electrons. The van der Waals surface area contributed by atoms with Gasteiger partial charge in [-0.3, -0.25) is 9.59 Å². The molecule has 1 amide bonds. The Balaban J connectivity index is 1.40. The van der Waals surface area contributed by atoms with Gasteiger partial charge < -0.3 is 30.3 Å². The number of allylic oxidation sites excluding steroid dienone is 2. The lowest BCUT2D eigenvalue weighted by molar-refractivity contribution is -0.137. The molecule has 5 aliphatic rings. The number of fused-ring (bicyclic) bond motifs is 4. The first-order valence-corrected chi connectivity index (χ1v) is 10.8. The Kier molecular flexibility index (Phi) is 3.92. The highest BCUT2D eigenvalue weighted by Gasteiger charge is 2.73. The maximum absolute atomic E-state index is 13.9. The Labute approximate surface area is 184 Å². The van der Waals surface area contributed by atoms with E-state index < -0.39 is 17.7 Å². The molecular weight excluding hydrogens is 412 g/mol. The Hall–Kier alpha value is -3.17. The van der Waals surface area contributed by atoms with Gasteiger partial charge in [0.05, 0.1) is 29.4 Å². The van der Waals surface area contributed by atoms with E-state index in [1.54, 1.807) is 14.0 Å². The lowest BCUT2D eigenvalue weighted by atomic mass is 9.82. The van der Waals surface area contributed by atoms with Crippen molar-refractivity contribution in [2.24, 2.45) is 11.7 Å². The summed E-state index contributed by atoms with van der Waals surface area (Å²) in [7, 11) is 1.57. The summed E-state index contributed by atoms with van der Waals surface area (Å²) in [4.78, 5) is 42.8. The minimum Gasteiger partial charge on any atom is -0.449 e. The molecule has 1 aliphatic carbocycles. The molecule has 1 aromatic rings. The molecule has 0 radical (unpaired) electrons. The van der Waals surface area contributed by atoms with Gasteiger partial charge in [0.2, 0.25) is 11.6 Å². The highest BCUT2D eigenvalue weighted by Crippen LogP contribution is 2.57. The van der Waals surface area contributed by atoms with Gasteiger partial charge in [0, 0.05) is 37.4 Å². The fraction of sp³-hybridized carbons (Fsp3) is 0.435. The number of nitrogens with zero attached hydrogens (tertiary/aromatic N) is 2. The third-order valence-electron chi connectivity index (χ3n) is 7.48. The second kappa shape index (κ2) is 6.43. The highest BCUT2D eigenvalue weighted by molar-refractivity contribution is 6.25. The van der Waals surface area contributed by atoms with Gasteiger partial charge in [-0.25, -0.2) is 4.79 Å². The van der Waals surface area contributed by atoms with E-state index in [-0.39, 0.29) is 36.3 Å². The Morgan fingerprint density at radius 3 is 2.62 bits per heavy atom. The van der Waals surface area contributed by atoms with Crippen molar-refractivity contribution in [2.75, 3.05) is 26.8 Å². The fourth-order valence-electron chi connectivity index (χ4n) is 5.97. The molecule has 32 heavy (non-hydrogen) atoms. The quantitative estimate of drug-likeness (QED) is 0.504. The Morgan fingerprint density at radius 2 is 1.94 bits per heavy atom. The average molecular weight is 436 g/mol. The zero-order valence-corrected chi connectivity index (χ0v) is 17.8. The maximum atomic E-state index is 13.9. The molecule has 3 fully saturated rings. The van der Waals surface area contributed by atoms with E-state index in [9.17, 15) is 14.4 Å². The molecule has 0 bridgehead atoms. The smallest absolute Gasteiger partial charge is 0.404 e. The number of rotatable bonds is 5. The normalized spacial score (nSPS) is 34.6. The summed E-state index contributed by atoms with van der Waals surface area (Å²) in [5.41, 5.74) is 7.01. The predicted octanol–water partition coefficient (Wildman–Crippen LogP) is 0.447. The molecule has 6 rings (SSSR count). The van der Waals surface area contributed by atoms with Crippen LogP contribution in [0.5, 0.6) is 0 Å². The van der Waals surface area contributed by atoms with Gasteiger partial charge in [-0.2, -0.15) is 0 Å². The molecule has 3 saturated heterocycles. The number of carbonyl (C=O) groups excluding carboxylic acids is 3. The lowest BCUT2D eigenvalue weighted by Gasteiger charge is -2.39.